The van der Waals surface area contributed by atoms with Crippen molar-refractivity contribution >= 4 is 17.3 Å². The number of rotatable bonds is 7. The van der Waals surface area contributed by atoms with Gasteiger partial charge in [0.05, 0.1) is 14.2 Å². The number of hydrogen-bond donors (Lipinski definition) is 1. The van der Waals surface area contributed by atoms with Gasteiger partial charge in [-0.3, -0.25) is 0 Å². The second-order valence-corrected chi connectivity index (χ2v) is 6.89. The van der Waals surface area contributed by atoms with Gasteiger partial charge in [-0.15, -0.1) is 0 Å². The van der Waals surface area contributed by atoms with E-state index in [-0.39, 0.29) is 0 Å². The Kier molecular flexibility index (Phi) is 7.63. The maximum Gasteiger partial charge on any atom is 0.168 e. The summed E-state index contributed by atoms with van der Waals surface area (Å²) in [5, 5.41) is 4.40. The highest BCUT2D eigenvalue weighted by atomic mass is 32.1. The van der Waals surface area contributed by atoms with Gasteiger partial charge in [-0.1, -0.05) is 25.3 Å². The lowest BCUT2D eigenvalue weighted by Gasteiger charge is -2.28. The zero-order valence-corrected chi connectivity index (χ0v) is 16.0. The minimum absolute atomic E-state index is 0.569. The zero-order valence-electron chi connectivity index (χ0n) is 15.1. The van der Waals surface area contributed by atoms with E-state index in [1.165, 1.54) is 37.7 Å². The minimum Gasteiger partial charge on any atom is -0.493 e. The largest absolute Gasteiger partial charge is 0.493 e. The van der Waals surface area contributed by atoms with E-state index in [4.69, 9.17) is 21.7 Å². The average Bonchev–Trinajstić information content (AvgIpc) is 2.62. The lowest BCUT2D eigenvalue weighted by atomic mass is 9.96. The van der Waals surface area contributed by atoms with E-state index in [9.17, 15) is 0 Å². The van der Waals surface area contributed by atoms with Gasteiger partial charge < -0.3 is 19.7 Å². The monoisotopic (exact) mass is 350 g/mol. The Hall–Kier alpha value is -1.49. The van der Waals surface area contributed by atoms with Gasteiger partial charge in [0.1, 0.15) is 0 Å². The van der Waals surface area contributed by atoms with Gasteiger partial charge in [0.2, 0.25) is 0 Å². The molecular weight excluding hydrogens is 320 g/mol. The fourth-order valence-corrected chi connectivity index (χ4v) is 3.45. The number of nitrogens with zero attached hydrogens (tertiary/aromatic N) is 1. The molecule has 0 unspecified atom stereocenters. The first-order chi connectivity index (χ1) is 11.6. The number of aryl methyl sites for hydroxylation is 1. The normalized spacial score (nSPS) is 15.0. The molecule has 1 fully saturated rings. The summed E-state index contributed by atoms with van der Waals surface area (Å²) in [6, 6.07) is 6.68. The van der Waals surface area contributed by atoms with Crippen molar-refractivity contribution in [1.82, 2.24) is 10.2 Å². The Morgan fingerprint density at radius 1 is 1.17 bits per heavy atom. The molecule has 1 aliphatic carbocycles. The van der Waals surface area contributed by atoms with Crippen LogP contribution in [0.3, 0.4) is 0 Å². The summed E-state index contributed by atoms with van der Waals surface area (Å²) in [7, 11) is 5.41. The smallest absolute Gasteiger partial charge is 0.168 e. The summed E-state index contributed by atoms with van der Waals surface area (Å²) in [6.45, 7) is 0.951. The molecule has 1 aromatic rings. The topological polar surface area (TPSA) is 33.7 Å². The molecular formula is C19H30N2O2S. The molecule has 0 saturated heterocycles. The molecule has 134 valence electrons. The predicted octanol–water partition coefficient (Wildman–Crippen LogP) is 3.78. The Morgan fingerprint density at radius 3 is 2.54 bits per heavy atom. The lowest BCUT2D eigenvalue weighted by molar-refractivity contribution is 0.354. The third kappa shape index (κ3) is 5.55. The van der Waals surface area contributed by atoms with Crippen LogP contribution < -0.4 is 14.8 Å². The van der Waals surface area contributed by atoms with Crippen LogP contribution in [-0.2, 0) is 6.42 Å². The van der Waals surface area contributed by atoms with E-state index < -0.39 is 0 Å². The summed E-state index contributed by atoms with van der Waals surface area (Å²) in [6.07, 6.45) is 8.56. The molecule has 1 N–H and O–H groups in total. The van der Waals surface area contributed by atoms with Gasteiger partial charge in [-0.25, -0.2) is 0 Å². The van der Waals surface area contributed by atoms with Crippen LogP contribution in [0.4, 0.5) is 0 Å². The highest BCUT2D eigenvalue weighted by molar-refractivity contribution is 7.80. The van der Waals surface area contributed by atoms with Crippen molar-refractivity contribution in [3.05, 3.63) is 23.8 Å². The lowest BCUT2D eigenvalue weighted by Crippen LogP contribution is -2.44. The van der Waals surface area contributed by atoms with E-state index in [1.807, 2.05) is 6.07 Å². The van der Waals surface area contributed by atoms with E-state index in [1.54, 1.807) is 14.2 Å². The van der Waals surface area contributed by atoms with Crippen LogP contribution in [-0.4, -0.2) is 43.9 Å². The molecule has 4 nitrogen and oxygen atoms in total. The highest BCUT2D eigenvalue weighted by Gasteiger charge is 2.15. The summed E-state index contributed by atoms with van der Waals surface area (Å²) in [5.41, 5.74) is 1.26. The van der Waals surface area contributed by atoms with Crippen LogP contribution in [0.5, 0.6) is 11.5 Å². The summed E-state index contributed by atoms with van der Waals surface area (Å²) in [5.74, 6) is 1.56. The molecule has 2 rings (SSSR count). The van der Waals surface area contributed by atoms with Gasteiger partial charge in [0, 0.05) is 19.6 Å². The minimum atomic E-state index is 0.569. The fourth-order valence-electron chi connectivity index (χ4n) is 3.19. The molecule has 1 saturated carbocycles. The number of ether oxygens (including phenoxy) is 2. The molecule has 0 aromatic heterocycles. The Bertz CT molecular complexity index is 530. The van der Waals surface area contributed by atoms with Crippen molar-refractivity contribution in [2.24, 2.45) is 0 Å². The van der Waals surface area contributed by atoms with Crippen molar-refractivity contribution in [2.75, 3.05) is 27.8 Å². The number of methoxy groups -OCH3 is 2. The van der Waals surface area contributed by atoms with Crippen LogP contribution in [0, 0.1) is 0 Å². The zero-order chi connectivity index (χ0) is 17.4. The maximum atomic E-state index is 5.54. The Morgan fingerprint density at radius 2 is 1.88 bits per heavy atom. The van der Waals surface area contributed by atoms with Crippen molar-refractivity contribution in [2.45, 2.75) is 51.0 Å². The highest BCUT2D eigenvalue weighted by Crippen LogP contribution is 2.28. The summed E-state index contributed by atoms with van der Waals surface area (Å²) >= 11 is 5.54. The first-order valence-corrected chi connectivity index (χ1v) is 9.27. The molecule has 1 aliphatic rings. The van der Waals surface area contributed by atoms with Crippen LogP contribution in [0.2, 0.25) is 0 Å². The SMILES string of the molecule is COc1ccc(CCCN(C)C(=S)NC2CCCCC2)cc1OC. The Labute approximate surface area is 151 Å². The molecule has 0 radical (unpaired) electrons. The van der Waals surface area contributed by atoms with Gasteiger partial charge in [-0.05, 0) is 55.6 Å². The van der Waals surface area contributed by atoms with Crippen molar-refractivity contribution < 1.29 is 9.47 Å². The van der Waals surface area contributed by atoms with Crippen molar-refractivity contribution in [3.8, 4) is 11.5 Å². The van der Waals surface area contributed by atoms with E-state index in [0.717, 1.165) is 36.0 Å². The van der Waals surface area contributed by atoms with E-state index in [0.29, 0.717) is 6.04 Å². The quantitative estimate of drug-likeness (QED) is 0.757. The molecule has 5 heteroatoms. The third-order valence-corrected chi connectivity index (χ3v) is 5.12. The second kappa shape index (κ2) is 9.72. The molecule has 0 atom stereocenters. The second-order valence-electron chi connectivity index (χ2n) is 6.50. The first kappa shape index (κ1) is 18.8. The standard InChI is InChI=1S/C19H30N2O2S/c1-21(19(24)20-16-9-5-4-6-10-16)13-7-8-15-11-12-17(22-2)18(14-15)23-3/h11-12,14,16H,4-10,13H2,1-3H3,(H,20,24). The molecule has 0 spiro atoms. The van der Waals surface area contributed by atoms with Gasteiger partial charge in [0.25, 0.3) is 0 Å². The van der Waals surface area contributed by atoms with Crippen molar-refractivity contribution in [1.29, 1.82) is 0 Å². The molecule has 0 amide bonds. The van der Waals surface area contributed by atoms with E-state index in [2.05, 4.69) is 29.4 Å². The molecule has 0 heterocycles. The Balaban J connectivity index is 1.75. The summed E-state index contributed by atoms with van der Waals surface area (Å²) < 4.78 is 10.6. The first-order valence-electron chi connectivity index (χ1n) is 8.86. The molecule has 0 bridgehead atoms. The predicted molar refractivity (Wildman–Crippen MR) is 103 cm³/mol. The van der Waals surface area contributed by atoms with Crippen LogP contribution in [0.15, 0.2) is 18.2 Å². The average molecular weight is 351 g/mol. The van der Waals surface area contributed by atoms with Crippen LogP contribution in [0.25, 0.3) is 0 Å². The number of benzene rings is 1. The number of thiocarbonyl (C=S) groups is 1. The van der Waals surface area contributed by atoms with Crippen LogP contribution >= 0.6 is 12.2 Å². The van der Waals surface area contributed by atoms with Crippen LogP contribution in [0.1, 0.15) is 44.1 Å². The third-order valence-electron chi connectivity index (χ3n) is 4.69. The van der Waals surface area contributed by atoms with Gasteiger partial charge in [0.15, 0.2) is 16.6 Å². The molecule has 0 aliphatic heterocycles. The fraction of sp³-hybridized carbons (Fsp3) is 0.632. The molecule has 1 aromatic carbocycles. The molecule has 24 heavy (non-hydrogen) atoms. The van der Waals surface area contributed by atoms with Gasteiger partial charge >= 0.3 is 0 Å². The van der Waals surface area contributed by atoms with E-state index >= 15 is 0 Å². The number of nitrogens with one attached hydrogen (secondary N) is 1. The maximum absolute atomic E-state index is 5.54. The van der Waals surface area contributed by atoms with Gasteiger partial charge in [-0.2, -0.15) is 0 Å². The number of hydrogen-bond acceptors (Lipinski definition) is 3. The summed E-state index contributed by atoms with van der Waals surface area (Å²) in [4.78, 5) is 2.16. The van der Waals surface area contributed by atoms with Crippen molar-refractivity contribution in [3.63, 3.8) is 0 Å².